The van der Waals surface area contributed by atoms with Crippen molar-refractivity contribution in [1.82, 2.24) is 15.1 Å². The SMILES string of the molecule is CCc1nn(C)cc1C(NC)c1occc1Br. The topological polar surface area (TPSA) is 43.0 Å². The summed E-state index contributed by atoms with van der Waals surface area (Å²) in [4.78, 5) is 0. The zero-order chi connectivity index (χ0) is 12.4. The first-order valence-corrected chi connectivity index (χ1v) is 6.39. The summed E-state index contributed by atoms with van der Waals surface area (Å²) in [7, 11) is 3.86. The van der Waals surface area contributed by atoms with E-state index in [1.807, 2.05) is 31.0 Å². The van der Waals surface area contributed by atoms with E-state index in [2.05, 4.69) is 33.3 Å². The first kappa shape index (κ1) is 12.4. The molecule has 0 radical (unpaired) electrons. The lowest BCUT2D eigenvalue weighted by Crippen LogP contribution is -2.18. The van der Waals surface area contributed by atoms with Gasteiger partial charge in [0.05, 0.1) is 22.5 Å². The summed E-state index contributed by atoms with van der Waals surface area (Å²) in [5.74, 6) is 0.884. The predicted molar refractivity (Wildman–Crippen MR) is 69.9 cm³/mol. The third-order valence-corrected chi connectivity index (χ3v) is 3.43. The first-order chi connectivity index (χ1) is 8.17. The van der Waals surface area contributed by atoms with E-state index in [0.29, 0.717) is 0 Å². The van der Waals surface area contributed by atoms with Crippen molar-refractivity contribution in [3.8, 4) is 0 Å². The third-order valence-electron chi connectivity index (χ3n) is 2.78. The molecule has 0 aliphatic carbocycles. The van der Waals surface area contributed by atoms with Gasteiger partial charge in [-0.2, -0.15) is 5.10 Å². The Bertz CT molecular complexity index is 504. The molecule has 1 N–H and O–H groups in total. The van der Waals surface area contributed by atoms with E-state index in [1.54, 1.807) is 6.26 Å². The summed E-state index contributed by atoms with van der Waals surface area (Å²) in [6.07, 6.45) is 4.63. The average molecular weight is 298 g/mol. The lowest BCUT2D eigenvalue weighted by atomic mass is 10.0. The fourth-order valence-corrected chi connectivity index (χ4v) is 2.44. The minimum absolute atomic E-state index is 0.0306. The number of aromatic nitrogens is 2. The zero-order valence-corrected chi connectivity index (χ0v) is 11.8. The minimum Gasteiger partial charge on any atom is -0.466 e. The van der Waals surface area contributed by atoms with Crippen LogP contribution in [0.5, 0.6) is 0 Å². The van der Waals surface area contributed by atoms with Crippen LogP contribution in [0.2, 0.25) is 0 Å². The van der Waals surface area contributed by atoms with Crippen LogP contribution in [-0.2, 0) is 13.5 Å². The molecule has 2 rings (SSSR count). The van der Waals surface area contributed by atoms with E-state index in [1.165, 1.54) is 0 Å². The molecule has 0 bridgehead atoms. The van der Waals surface area contributed by atoms with Gasteiger partial charge in [-0.1, -0.05) is 6.92 Å². The Labute approximate surface area is 109 Å². The maximum absolute atomic E-state index is 5.53. The van der Waals surface area contributed by atoms with Gasteiger partial charge in [0, 0.05) is 18.8 Å². The van der Waals surface area contributed by atoms with Crippen LogP contribution < -0.4 is 5.32 Å². The minimum atomic E-state index is 0.0306. The lowest BCUT2D eigenvalue weighted by molar-refractivity contribution is 0.459. The van der Waals surface area contributed by atoms with Crippen molar-refractivity contribution in [2.24, 2.45) is 7.05 Å². The summed E-state index contributed by atoms with van der Waals surface area (Å²) >= 11 is 3.50. The molecule has 17 heavy (non-hydrogen) atoms. The molecule has 0 spiro atoms. The van der Waals surface area contributed by atoms with Crippen LogP contribution in [-0.4, -0.2) is 16.8 Å². The molecule has 2 aromatic rings. The Morgan fingerprint density at radius 2 is 2.35 bits per heavy atom. The van der Waals surface area contributed by atoms with Crippen molar-refractivity contribution in [1.29, 1.82) is 0 Å². The molecule has 2 heterocycles. The van der Waals surface area contributed by atoms with Gasteiger partial charge in [0.1, 0.15) is 5.76 Å². The van der Waals surface area contributed by atoms with Gasteiger partial charge in [-0.05, 0) is 35.5 Å². The smallest absolute Gasteiger partial charge is 0.139 e. The molecule has 2 aromatic heterocycles. The van der Waals surface area contributed by atoms with Gasteiger partial charge in [0.15, 0.2) is 0 Å². The molecule has 92 valence electrons. The monoisotopic (exact) mass is 297 g/mol. The third kappa shape index (κ3) is 2.30. The summed E-state index contributed by atoms with van der Waals surface area (Å²) in [6.45, 7) is 2.11. The Hall–Kier alpha value is -1.07. The molecule has 0 saturated carbocycles. The number of halogens is 1. The van der Waals surface area contributed by atoms with E-state index >= 15 is 0 Å². The maximum Gasteiger partial charge on any atom is 0.139 e. The van der Waals surface area contributed by atoms with Crippen molar-refractivity contribution in [3.05, 3.63) is 40.0 Å². The molecule has 1 atom stereocenters. The van der Waals surface area contributed by atoms with Crippen LogP contribution in [0.15, 0.2) is 27.4 Å². The fourth-order valence-electron chi connectivity index (χ4n) is 2.01. The van der Waals surface area contributed by atoms with E-state index in [4.69, 9.17) is 4.42 Å². The van der Waals surface area contributed by atoms with Crippen molar-refractivity contribution in [2.45, 2.75) is 19.4 Å². The standard InChI is InChI=1S/C12H16BrN3O/c1-4-10-8(7-16(3)15-10)11(14-2)12-9(13)5-6-17-12/h5-7,11,14H,4H2,1-3H3. The second-order valence-electron chi connectivity index (χ2n) is 3.91. The molecule has 0 aliphatic rings. The molecular weight excluding hydrogens is 282 g/mol. The highest BCUT2D eigenvalue weighted by molar-refractivity contribution is 9.10. The average Bonchev–Trinajstić information content (AvgIpc) is 2.88. The molecule has 0 fully saturated rings. The van der Waals surface area contributed by atoms with Crippen LogP contribution >= 0.6 is 15.9 Å². The first-order valence-electron chi connectivity index (χ1n) is 5.60. The molecule has 0 aromatic carbocycles. The second-order valence-corrected chi connectivity index (χ2v) is 4.77. The van der Waals surface area contributed by atoms with Crippen LogP contribution in [0.4, 0.5) is 0 Å². The lowest BCUT2D eigenvalue weighted by Gasteiger charge is -2.14. The zero-order valence-electron chi connectivity index (χ0n) is 10.2. The normalized spacial score (nSPS) is 12.9. The van der Waals surface area contributed by atoms with Gasteiger partial charge in [-0.25, -0.2) is 0 Å². The van der Waals surface area contributed by atoms with Crippen molar-refractivity contribution in [2.75, 3.05) is 7.05 Å². The van der Waals surface area contributed by atoms with Gasteiger partial charge in [0.2, 0.25) is 0 Å². The number of hydrogen-bond acceptors (Lipinski definition) is 3. The number of aryl methyl sites for hydroxylation is 2. The van der Waals surface area contributed by atoms with E-state index < -0.39 is 0 Å². The largest absolute Gasteiger partial charge is 0.466 e. The van der Waals surface area contributed by atoms with Gasteiger partial charge in [0.25, 0.3) is 0 Å². The van der Waals surface area contributed by atoms with Crippen LogP contribution in [0, 0.1) is 0 Å². The molecule has 1 unspecified atom stereocenters. The van der Waals surface area contributed by atoms with Crippen LogP contribution in [0.1, 0.15) is 30.0 Å². The second kappa shape index (κ2) is 5.06. The highest BCUT2D eigenvalue weighted by atomic mass is 79.9. The van der Waals surface area contributed by atoms with E-state index in [9.17, 15) is 0 Å². The Morgan fingerprint density at radius 1 is 1.59 bits per heavy atom. The van der Waals surface area contributed by atoms with Crippen molar-refractivity contribution in [3.63, 3.8) is 0 Å². The maximum atomic E-state index is 5.53. The quantitative estimate of drug-likeness (QED) is 0.943. The summed E-state index contributed by atoms with van der Waals surface area (Å²) in [5, 5.41) is 7.73. The number of furan rings is 1. The predicted octanol–water partition coefficient (Wildman–Crippen LogP) is 2.65. The Morgan fingerprint density at radius 3 is 2.88 bits per heavy atom. The Balaban J connectivity index is 2.45. The molecule has 5 heteroatoms. The van der Waals surface area contributed by atoms with Crippen LogP contribution in [0.25, 0.3) is 0 Å². The van der Waals surface area contributed by atoms with Gasteiger partial charge in [-0.3, -0.25) is 4.68 Å². The highest BCUT2D eigenvalue weighted by Gasteiger charge is 2.22. The van der Waals surface area contributed by atoms with Crippen molar-refractivity contribution < 1.29 is 4.42 Å². The summed E-state index contributed by atoms with van der Waals surface area (Å²) in [5.41, 5.74) is 2.25. The highest BCUT2D eigenvalue weighted by Crippen LogP contribution is 2.30. The van der Waals surface area contributed by atoms with E-state index in [0.717, 1.165) is 27.9 Å². The molecule has 0 saturated heterocycles. The molecular formula is C12H16BrN3O. The molecule has 0 aliphatic heterocycles. The van der Waals surface area contributed by atoms with Crippen molar-refractivity contribution >= 4 is 15.9 Å². The van der Waals surface area contributed by atoms with E-state index in [-0.39, 0.29) is 6.04 Å². The number of nitrogens with zero attached hydrogens (tertiary/aromatic N) is 2. The van der Waals surface area contributed by atoms with Gasteiger partial charge in [-0.15, -0.1) is 0 Å². The summed E-state index contributed by atoms with van der Waals surface area (Å²) < 4.78 is 8.35. The fraction of sp³-hybridized carbons (Fsp3) is 0.417. The molecule has 4 nitrogen and oxygen atoms in total. The summed E-state index contributed by atoms with van der Waals surface area (Å²) in [6, 6.07) is 1.94. The molecule has 0 amide bonds. The number of hydrogen-bond donors (Lipinski definition) is 1. The van der Waals surface area contributed by atoms with Gasteiger partial charge < -0.3 is 9.73 Å². The van der Waals surface area contributed by atoms with Gasteiger partial charge >= 0.3 is 0 Å². The Kier molecular flexibility index (Phi) is 3.69. The number of nitrogens with one attached hydrogen (secondary N) is 1. The van der Waals surface area contributed by atoms with Crippen LogP contribution in [0.3, 0.4) is 0 Å². The number of rotatable bonds is 4.